The van der Waals surface area contributed by atoms with Crippen LogP contribution in [0.15, 0.2) is 24.3 Å². The van der Waals surface area contributed by atoms with Gasteiger partial charge in [-0.3, -0.25) is 9.69 Å². The summed E-state index contributed by atoms with van der Waals surface area (Å²) in [6.45, 7) is 4.29. The Morgan fingerprint density at radius 1 is 1.29 bits per heavy atom. The molecule has 3 N–H and O–H groups in total. The van der Waals surface area contributed by atoms with Gasteiger partial charge in [-0.15, -0.1) is 24.8 Å². The van der Waals surface area contributed by atoms with Crippen LogP contribution in [0.3, 0.4) is 0 Å². The van der Waals surface area contributed by atoms with E-state index >= 15 is 0 Å². The Bertz CT molecular complexity index is 479. The van der Waals surface area contributed by atoms with Gasteiger partial charge >= 0.3 is 0 Å². The number of methoxy groups -OCH3 is 1. The molecule has 0 aliphatic carbocycles. The molecule has 1 atom stereocenters. The number of hydrogen-bond donors (Lipinski definition) is 2. The van der Waals surface area contributed by atoms with E-state index < -0.39 is 0 Å². The zero-order valence-electron chi connectivity index (χ0n) is 14.2. The van der Waals surface area contributed by atoms with Gasteiger partial charge in [0.25, 0.3) is 0 Å². The Balaban J connectivity index is 0.00000264. The predicted octanol–water partition coefficient (Wildman–Crippen LogP) is 2.11. The standard InChI is InChI=1S/C17H27N3O2.2ClH/c1-22-16(11-18)10-17(21)19-12-14-5-4-6-15(9-14)13-20-7-2-3-8-20;;/h4-6,9,16H,2-3,7-8,10-13,18H2,1H3,(H,19,21);2*1H. The molecular weight excluding hydrogens is 349 g/mol. The van der Waals surface area contributed by atoms with Gasteiger partial charge in [-0.2, -0.15) is 0 Å². The third kappa shape index (κ3) is 7.81. The molecular formula is C17H29Cl2N3O2. The van der Waals surface area contributed by atoms with Gasteiger partial charge in [-0.25, -0.2) is 0 Å². The summed E-state index contributed by atoms with van der Waals surface area (Å²) in [5.74, 6) is -0.0257. The highest BCUT2D eigenvalue weighted by atomic mass is 35.5. The SMILES string of the molecule is COC(CN)CC(=O)NCc1cccc(CN2CCCC2)c1.Cl.Cl. The molecule has 2 rings (SSSR count). The van der Waals surface area contributed by atoms with E-state index in [9.17, 15) is 4.79 Å². The summed E-state index contributed by atoms with van der Waals surface area (Å²) < 4.78 is 5.12. The fraction of sp³-hybridized carbons (Fsp3) is 0.588. The molecule has 1 unspecified atom stereocenters. The van der Waals surface area contributed by atoms with Crippen molar-refractivity contribution in [3.8, 4) is 0 Å². The number of nitrogens with two attached hydrogens (primary N) is 1. The summed E-state index contributed by atoms with van der Waals surface area (Å²) >= 11 is 0. The minimum atomic E-state index is -0.207. The molecule has 24 heavy (non-hydrogen) atoms. The molecule has 1 aliphatic rings. The van der Waals surface area contributed by atoms with Crippen LogP contribution in [0.5, 0.6) is 0 Å². The zero-order chi connectivity index (χ0) is 15.8. The van der Waals surface area contributed by atoms with Crippen molar-refractivity contribution in [3.63, 3.8) is 0 Å². The largest absolute Gasteiger partial charge is 0.380 e. The number of amides is 1. The Hall–Kier alpha value is -0.850. The van der Waals surface area contributed by atoms with Crippen LogP contribution in [0.1, 0.15) is 30.4 Å². The van der Waals surface area contributed by atoms with Crippen molar-refractivity contribution in [1.82, 2.24) is 10.2 Å². The smallest absolute Gasteiger partial charge is 0.222 e. The summed E-state index contributed by atoms with van der Waals surface area (Å²) in [6.07, 6.45) is 2.71. The van der Waals surface area contributed by atoms with E-state index in [0.717, 1.165) is 12.1 Å². The minimum Gasteiger partial charge on any atom is -0.380 e. The van der Waals surface area contributed by atoms with Gasteiger partial charge in [0.1, 0.15) is 0 Å². The van der Waals surface area contributed by atoms with E-state index in [0.29, 0.717) is 19.5 Å². The first-order valence-electron chi connectivity index (χ1n) is 8.01. The van der Waals surface area contributed by atoms with Crippen molar-refractivity contribution < 1.29 is 9.53 Å². The summed E-state index contributed by atoms with van der Waals surface area (Å²) in [7, 11) is 1.58. The molecule has 0 bridgehead atoms. The molecule has 1 fully saturated rings. The summed E-state index contributed by atoms with van der Waals surface area (Å²) in [5.41, 5.74) is 7.97. The molecule has 1 amide bonds. The maximum atomic E-state index is 11.9. The monoisotopic (exact) mass is 377 g/mol. The van der Waals surface area contributed by atoms with Crippen LogP contribution >= 0.6 is 24.8 Å². The summed E-state index contributed by atoms with van der Waals surface area (Å²) in [6, 6.07) is 8.43. The molecule has 0 aromatic heterocycles. The zero-order valence-corrected chi connectivity index (χ0v) is 15.8. The maximum absolute atomic E-state index is 11.9. The van der Waals surface area contributed by atoms with Crippen molar-refractivity contribution in [2.45, 2.75) is 38.5 Å². The minimum absolute atomic E-state index is 0. The first-order valence-corrected chi connectivity index (χ1v) is 8.01. The molecule has 0 saturated carbocycles. The molecule has 1 saturated heterocycles. The molecule has 0 spiro atoms. The van der Waals surface area contributed by atoms with Gasteiger partial charge in [0.05, 0.1) is 12.5 Å². The third-order valence-corrected chi connectivity index (χ3v) is 4.10. The van der Waals surface area contributed by atoms with E-state index in [4.69, 9.17) is 10.5 Å². The lowest BCUT2D eigenvalue weighted by atomic mass is 10.1. The molecule has 1 heterocycles. The number of likely N-dealkylation sites (tertiary alicyclic amines) is 1. The van der Waals surface area contributed by atoms with Gasteiger partial charge < -0.3 is 15.8 Å². The highest BCUT2D eigenvalue weighted by Crippen LogP contribution is 2.13. The average molecular weight is 378 g/mol. The van der Waals surface area contributed by atoms with Crippen LogP contribution in [0.2, 0.25) is 0 Å². The number of halogens is 2. The van der Waals surface area contributed by atoms with Crippen LogP contribution in [0, 0.1) is 0 Å². The quantitative estimate of drug-likeness (QED) is 0.727. The molecule has 5 nitrogen and oxygen atoms in total. The van der Waals surface area contributed by atoms with E-state index in [1.54, 1.807) is 7.11 Å². The Morgan fingerprint density at radius 2 is 1.96 bits per heavy atom. The fourth-order valence-electron chi connectivity index (χ4n) is 2.78. The number of hydrogen-bond acceptors (Lipinski definition) is 4. The van der Waals surface area contributed by atoms with Crippen molar-refractivity contribution in [1.29, 1.82) is 0 Å². The molecule has 138 valence electrons. The topological polar surface area (TPSA) is 67.6 Å². The number of carbonyl (C=O) groups is 1. The van der Waals surface area contributed by atoms with Crippen molar-refractivity contribution in [2.24, 2.45) is 5.73 Å². The van der Waals surface area contributed by atoms with Crippen molar-refractivity contribution in [2.75, 3.05) is 26.7 Å². The normalized spacial score (nSPS) is 15.2. The molecule has 0 radical (unpaired) electrons. The lowest BCUT2D eigenvalue weighted by molar-refractivity contribution is -0.123. The lowest BCUT2D eigenvalue weighted by Gasteiger charge is -2.15. The lowest BCUT2D eigenvalue weighted by Crippen LogP contribution is -2.31. The number of benzene rings is 1. The number of rotatable bonds is 8. The second-order valence-corrected chi connectivity index (χ2v) is 5.88. The number of carbonyl (C=O) groups excluding carboxylic acids is 1. The number of ether oxygens (including phenoxy) is 1. The second kappa shape index (κ2) is 12.5. The van der Waals surface area contributed by atoms with Gasteiger partial charge in [0, 0.05) is 26.7 Å². The van der Waals surface area contributed by atoms with Gasteiger partial charge in [-0.05, 0) is 37.1 Å². The van der Waals surface area contributed by atoms with Crippen molar-refractivity contribution >= 4 is 30.7 Å². The molecule has 7 heteroatoms. The van der Waals surface area contributed by atoms with Crippen LogP contribution < -0.4 is 11.1 Å². The maximum Gasteiger partial charge on any atom is 0.222 e. The number of nitrogens with zero attached hydrogens (tertiary/aromatic N) is 1. The van der Waals surface area contributed by atoms with Gasteiger partial charge in [0.15, 0.2) is 0 Å². The first-order chi connectivity index (χ1) is 10.7. The van der Waals surface area contributed by atoms with E-state index in [1.807, 2.05) is 6.07 Å². The second-order valence-electron chi connectivity index (χ2n) is 5.88. The Labute approximate surface area is 157 Å². The Kier molecular flexibility index (Phi) is 12.1. The highest BCUT2D eigenvalue weighted by Gasteiger charge is 2.13. The van der Waals surface area contributed by atoms with Gasteiger partial charge in [0.2, 0.25) is 5.91 Å². The predicted molar refractivity (Wildman–Crippen MR) is 102 cm³/mol. The molecule has 1 aromatic rings. The van der Waals surface area contributed by atoms with Crippen LogP contribution in [-0.2, 0) is 22.6 Å². The number of nitrogens with one attached hydrogen (secondary N) is 1. The Morgan fingerprint density at radius 3 is 2.58 bits per heavy atom. The fourth-order valence-corrected chi connectivity index (χ4v) is 2.78. The van der Waals surface area contributed by atoms with Crippen LogP contribution in [0.4, 0.5) is 0 Å². The first kappa shape index (κ1) is 23.1. The summed E-state index contributed by atoms with van der Waals surface area (Å²) in [5, 5.41) is 2.93. The molecule has 1 aliphatic heterocycles. The van der Waals surface area contributed by atoms with E-state index in [-0.39, 0.29) is 36.8 Å². The van der Waals surface area contributed by atoms with Crippen LogP contribution in [-0.4, -0.2) is 43.7 Å². The van der Waals surface area contributed by atoms with Crippen LogP contribution in [0.25, 0.3) is 0 Å². The highest BCUT2D eigenvalue weighted by molar-refractivity contribution is 5.85. The van der Waals surface area contributed by atoms with Crippen molar-refractivity contribution in [3.05, 3.63) is 35.4 Å². The molecule has 1 aromatic carbocycles. The summed E-state index contributed by atoms with van der Waals surface area (Å²) in [4.78, 5) is 14.3. The third-order valence-electron chi connectivity index (χ3n) is 4.10. The van der Waals surface area contributed by atoms with E-state index in [1.165, 1.54) is 31.5 Å². The van der Waals surface area contributed by atoms with Gasteiger partial charge in [-0.1, -0.05) is 24.3 Å². The van der Waals surface area contributed by atoms with E-state index in [2.05, 4.69) is 28.4 Å². The average Bonchev–Trinajstić information content (AvgIpc) is 3.04.